The lowest BCUT2D eigenvalue weighted by molar-refractivity contribution is 1.13. The molecule has 0 atom stereocenters. The van der Waals surface area contributed by atoms with Gasteiger partial charge in [-0.2, -0.15) is 0 Å². The third kappa shape index (κ3) is 5.02. The molecule has 0 heterocycles. The van der Waals surface area contributed by atoms with Crippen molar-refractivity contribution in [1.82, 2.24) is 0 Å². The molecule has 3 rings (SSSR count). The Morgan fingerprint density at radius 2 is 1.04 bits per heavy atom. The molecular formula is C23H27BrN2Si. The predicted molar refractivity (Wildman–Crippen MR) is 126 cm³/mol. The highest BCUT2D eigenvalue weighted by Crippen LogP contribution is 2.14. The van der Waals surface area contributed by atoms with Crippen molar-refractivity contribution in [2.24, 2.45) is 0 Å². The fourth-order valence-electron chi connectivity index (χ4n) is 3.29. The fourth-order valence-corrected chi connectivity index (χ4v) is 6.47. The molecule has 0 N–H and O–H groups in total. The molecule has 27 heavy (non-hydrogen) atoms. The van der Waals surface area contributed by atoms with Gasteiger partial charge < -0.3 is 9.80 Å². The summed E-state index contributed by atoms with van der Waals surface area (Å²) in [5, 5.41) is 2.97. The maximum atomic E-state index is 3.55. The molecule has 3 aromatic rings. The minimum absolute atomic E-state index is 1.12. The Morgan fingerprint density at radius 3 is 1.41 bits per heavy atom. The van der Waals surface area contributed by atoms with Gasteiger partial charge in [-0.05, 0) is 42.4 Å². The summed E-state index contributed by atoms with van der Waals surface area (Å²) in [7, 11) is 7.01. The molecule has 0 aliphatic carbocycles. The van der Waals surface area contributed by atoms with Crippen LogP contribution in [0.4, 0.5) is 11.4 Å². The molecule has 0 aromatic heterocycles. The molecule has 3 aromatic carbocycles. The van der Waals surface area contributed by atoms with Crippen LogP contribution in [0.3, 0.4) is 0 Å². The van der Waals surface area contributed by atoms with Gasteiger partial charge in [-0.3, -0.25) is 0 Å². The summed E-state index contributed by atoms with van der Waals surface area (Å²) in [6.45, 7) is 0. The van der Waals surface area contributed by atoms with Gasteiger partial charge in [0.05, 0.1) is 0 Å². The van der Waals surface area contributed by atoms with E-state index in [9.17, 15) is 0 Å². The van der Waals surface area contributed by atoms with Gasteiger partial charge >= 0.3 is 0 Å². The normalized spacial score (nSPS) is 10.9. The van der Waals surface area contributed by atoms with E-state index in [4.69, 9.17) is 0 Å². The standard InChI is InChI=1S/C23H27BrN2Si/c1-25(2)20-9-13-22(14-10-20)27(17-18-5-7-19(24)8-6-18)23-15-11-21(12-16-23)26(3)4/h5-16,27H,17H2,1-4H3. The number of hydrogen-bond donors (Lipinski definition) is 0. The number of halogens is 1. The number of nitrogens with zero attached hydrogens (tertiary/aromatic N) is 2. The summed E-state index contributed by atoms with van der Waals surface area (Å²) in [5.41, 5.74) is 3.90. The van der Waals surface area contributed by atoms with E-state index < -0.39 is 8.80 Å². The maximum Gasteiger partial charge on any atom is 0.107 e. The van der Waals surface area contributed by atoms with Crippen LogP contribution in [0.25, 0.3) is 0 Å². The second kappa shape index (κ2) is 8.76. The number of anilines is 2. The third-order valence-corrected chi connectivity index (χ3v) is 8.76. The molecular weight excluding hydrogens is 412 g/mol. The van der Waals surface area contributed by atoms with Gasteiger partial charge in [0, 0.05) is 44.0 Å². The summed E-state index contributed by atoms with van der Waals surface area (Å²) in [6, 6.07) is 28.2. The second-order valence-corrected chi connectivity index (χ2v) is 11.1. The lowest BCUT2D eigenvalue weighted by Crippen LogP contribution is -2.44. The Bertz CT molecular complexity index is 805. The maximum absolute atomic E-state index is 3.55. The van der Waals surface area contributed by atoms with E-state index in [2.05, 4.69) is 127 Å². The van der Waals surface area contributed by atoms with Crippen molar-refractivity contribution in [3.05, 3.63) is 82.8 Å². The van der Waals surface area contributed by atoms with Crippen LogP contribution in [0.5, 0.6) is 0 Å². The Kier molecular flexibility index (Phi) is 6.40. The molecule has 4 heteroatoms. The summed E-state index contributed by atoms with van der Waals surface area (Å²) < 4.78 is 1.13. The van der Waals surface area contributed by atoms with E-state index in [1.165, 1.54) is 27.3 Å². The average Bonchev–Trinajstić information content (AvgIpc) is 2.68. The summed E-state index contributed by atoms with van der Waals surface area (Å²) in [5.74, 6) is 0. The van der Waals surface area contributed by atoms with Crippen LogP contribution < -0.4 is 20.2 Å². The Hall–Kier alpha value is -2.04. The summed E-state index contributed by atoms with van der Waals surface area (Å²) in [6.07, 6.45) is 0. The first-order chi connectivity index (χ1) is 12.9. The monoisotopic (exact) mass is 438 g/mol. The molecule has 140 valence electrons. The molecule has 0 aliphatic rings. The molecule has 0 saturated heterocycles. The van der Waals surface area contributed by atoms with Crippen molar-refractivity contribution in [3.8, 4) is 0 Å². The van der Waals surface area contributed by atoms with Gasteiger partial charge in [0.2, 0.25) is 0 Å². The van der Waals surface area contributed by atoms with Crippen molar-refractivity contribution in [2.75, 3.05) is 38.0 Å². The summed E-state index contributed by atoms with van der Waals surface area (Å²) in [4.78, 5) is 4.31. The van der Waals surface area contributed by atoms with Crippen molar-refractivity contribution in [3.63, 3.8) is 0 Å². The minimum Gasteiger partial charge on any atom is -0.378 e. The minimum atomic E-state index is -1.35. The van der Waals surface area contributed by atoms with Crippen LogP contribution in [0.2, 0.25) is 0 Å². The van der Waals surface area contributed by atoms with Gasteiger partial charge in [-0.15, -0.1) is 0 Å². The fraction of sp³-hybridized carbons (Fsp3) is 0.217. The predicted octanol–water partition coefficient (Wildman–Crippen LogP) is 3.70. The number of hydrogen-bond acceptors (Lipinski definition) is 2. The molecule has 0 bridgehead atoms. The average molecular weight is 439 g/mol. The lowest BCUT2D eigenvalue weighted by atomic mass is 10.2. The summed E-state index contributed by atoms with van der Waals surface area (Å²) >= 11 is 3.55. The molecule has 0 amide bonds. The third-order valence-electron chi connectivity index (χ3n) is 4.98. The van der Waals surface area contributed by atoms with Crippen LogP contribution in [0.1, 0.15) is 5.56 Å². The quantitative estimate of drug-likeness (QED) is 0.541. The van der Waals surface area contributed by atoms with E-state index in [0.717, 1.165) is 10.5 Å². The Labute approximate surface area is 173 Å². The molecule has 2 nitrogen and oxygen atoms in total. The van der Waals surface area contributed by atoms with Crippen LogP contribution in [-0.2, 0) is 6.04 Å². The largest absolute Gasteiger partial charge is 0.378 e. The van der Waals surface area contributed by atoms with Crippen LogP contribution in [0.15, 0.2) is 77.3 Å². The SMILES string of the molecule is CN(C)c1ccc([SiH](Cc2ccc(Br)cc2)c2ccc(N(C)C)cc2)cc1. The molecule has 0 spiro atoms. The second-order valence-electron chi connectivity index (χ2n) is 7.36. The molecule has 0 radical (unpaired) electrons. The molecule has 0 aliphatic heterocycles. The lowest BCUT2D eigenvalue weighted by Gasteiger charge is -2.20. The van der Waals surface area contributed by atoms with Gasteiger partial charge in [0.15, 0.2) is 0 Å². The van der Waals surface area contributed by atoms with Crippen LogP contribution >= 0.6 is 15.9 Å². The van der Waals surface area contributed by atoms with Crippen molar-refractivity contribution in [1.29, 1.82) is 0 Å². The zero-order valence-electron chi connectivity index (χ0n) is 16.5. The van der Waals surface area contributed by atoms with E-state index in [1.54, 1.807) is 0 Å². The Morgan fingerprint density at radius 1 is 0.630 bits per heavy atom. The van der Waals surface area contributed by atoms with E-state index in [0.29, 0.717) is 0 Å². The van der Waals surface area contributed by atoms with Gasteiger partial charge in [-0.25, -0.2) is 0 Å². The molecule has 0 saturated carbocycles. The number of benzene rings is 3. The highest BCUT2D eigenvalue weighted by atomic mass is 79.9. The molecule has 0 fully saturated rings. The first kappa shape index (κ1) is 19.7. The smallest absolute Gasteiger partial charge is 0.107 e. The van der Waals surface area contributed by atoms with Crippen molar-refractivity contribution in [2.45, 2.75) is 6.04 Å². The highest BCUT2D eigenvalue weighted by molar-refractivity contribution is 9.10. The topological polar surface area (TPSA) is 6.48 Å². The van der Waals surface area contributed by atoms with Crippen molar-refractivity contribution >= 4 is 46.5 Å². The van der Waals surface area contributed by atoms with Gasteiger partial charge in [0.1, 0.15) is 8.80 Å². The zero-order valence-corrected chi connectivity index (χ0v) is 19.2. The number of rotatable bonds is 6. The highest BCUT2D eigenvalue weighted by Gasteiger charge is 2.17. The van der Waals surface area contributed by atoms with Crippen LogP contribution in [-0.4, -0.2) is 37.0 Å². The molecule has 0 unspecified atom stereocenters. The zero-order chi connectivity index (χ0) is 19.4. The Balaban J connectivity index is 1.95. The van der Waals surface area contributed by atoms with E-state index in [-0.39, 0.29) is 0 Å². The van der Waals surface area contributed by atoms with E-state index >= 15 is 0 Å². The van der Waals surface area contributed by atoms with E-state index in [1.807, 2.05) is 0 Å². The first-order valence-corrected chi connectivity index (χ1v) is 12.0. The van der Waals surface area contributed by atoms with Crippen molar-refractivity contribution < 1.29 is 0 Å². The first-order valence-electron chi connectivity index (χ1n) is 9.23. The van der Waals surface area contributed by atoms with Crippen LogP contribution in [0, 0.1) is 0 Å². The van der Waals surface area contributed by atoms with Gasteiger partial charge in [0.25, 0.3) is 0 Å². The van der Waals surface area contributed by atoms with Gasteiger partial charge in [-0.1, -0.05) is 68.3 Å².